The zero-order valence-corrected chi connectivity index (χ0v) is 16.4. The van der Waals surface area contributed by atoms with Gasteiger partial charge in [0.25, 0.3) is 5.91 Å². The predicted molar refractivity (Wildman–Crippen MR) is 109 cm³/mol. The summed E-state index contributed by atoms with van der Waals surface area (Å²) in [7, 11) is 2.07. The van der Waals surface area contributed by atoms with E-state index in [1.165, 1.54) is 0 Å². The summed E-state index contributed by atoms with van der Waals surface area (Å²) in [5, 5.41) is 16.7. The molecular formula is C21H29N5O2. The molecule has 0 atom stereocenters. The number of carbonyl (C=O) groups is 1. The second kappa shape index (κ2) is 9.61. The number of anilines is 1. The van der Waals surface area contributed by atoms with Crippen molar-refractivity contribution >= 4 is 11.7 Å². The Labute approximate surface area is 166 Å². The quantitative estimate of drug-likeness (QED) is 0.601. The van der Waals surface area contributed by atoms with E-state index in [0.29, 0.717) is 24.5 Å². The molecule has 3 rings (SSSR count). The van der Waals surface area contributed by atoms with Gasteiger partial charge in [-0.1, -0.05) is 6.07 Å². The van der Waals surface area contributed by atoms with Crippen molar-refractivity contribution in [3.63, 3.8) is 0 Å². The lowest BCUT2D eigenvalue weighted by Gasteiger charge is -2.36. The van der Waals surface area contributed by atoms with E-state index in [2.05, 4.69) is 32.5 Å². The third-order valence-electron chi connectivity index (χ3n) is 5.16. The second-order valence-electron chi connectivity index (χ2n) is 7.49. The molecule has 3 N–H and O–H groups in total. The minimum absolute atomic E-state index is 0.131. The van der Waals surface area contributed by atoms with Gasteiger partial charge in [0, 0.05) is 44.3 Å². The molecule has 0 aliphatic carbocycles. The molecule has 7 heteroatoms. The maximum atomic E-state index is 12.2. The smallest absolute Gasteiger partial charge is 0.252 e. The molecule has 0 spiro atoms. The number of aryl methyl sites for hydroxylation is 1. The van der Waals surface area contributed by atoms with E-state index >= 15 is 0 Å². The lowest BCUT2D eigenvalue weighted by molar-refractivity contribution is -0.00409. The van der Waals surface area contributed by atoms with Crippen LogP contribution in [0.3, 0.4) is 0 Å². The Morgan fingerprint density at radius 2 is 2.04 bits per heavy atom. The summed E-state index contributed by atoms with van der Waals surface area (Å²) in [6.07, 6.45) is 6.51. The van der Waals surface area contributed by atoms with Crippen molar-refractivity contribution in [3.05, 3.63) is 54.0 Å². The van der Waals surface area contributed by atoms with E-state index in [0.717, 1.165) is 44.5 Å². The average molecular weight is 383 g/mol. The van der Waals surface area contributed by atoms with Crippen LogP contribution >= 0.6 is 0 Å². The van der Waals surface area contributed by atoms with Crippen molar-refractivity contribution in [2.24, 2.45) is 0 Å². The highest BCUT2D eigenvalue weighted by atomic mass is 16.3. The molecule has 0 aromatic carbocycles. The molecule has 1 amide bonds. The van der Waals surface area contributed by atoms with Crippen molar-refractivity contribution in [1.29, 1.82) is 0 Å². The van der Waals surface area contributed by atoms with Gasteiger partial charge in [0.2, 0.25) is 0 Å². The molecule has 0 unspecified atom stereocenters. The van der Waals surface area contributed by atoms with Crippen LogP contribution < -0.4 is 10.6 Å². The first-order valence-corrected chi connectivity index (χ1v) is 9.83. The van der Waals surface area contributed by atoms with Crippen molar-refractivity contribution in [3.8, 4) is 0 Å². The Balaban J connectivity index is 1.40. The Morgan fingerprint density at radius 3 is 2.71 bits per heavy atom. The van der Waals surface area contributed by atoms with Gasteiger partial charge < -0.3 is 20.6 Å². The first kappa shape index (κ1) is 20.2. The molecule has 1 fully saturated rings. The average Bonchev–Trinajstić information content (AvgIpc) is 2.73. The fourth-order valence-corrected chi connectivity index (χ4v) is 3.22. The van der Waals surface area contributed by atoms with Crippen LogP contribution in [0.15, 0.2) is 42.7 Å². The van der Waals surface area contributed by atoms with Gasteiger partial charge in [-0.2, -0.15) is 0 Å². The molecule has 0 bridgehead atoms. The molecule has 0 saturated carbocycles. The molecular weight excluding hydrogens is 354 g/mol. The van der Waals surface area contributed by atoms with Crippen molar-refractivity contribution in [2.75, 3.05) is 38.5 Å². The van der Waals surface area contributed by atoms with E-state index in [1.807, 2.05) is 18.2 Å². The Bertz CT molecular complexity index is 743. The van der Waals surface area contributed by atoms with Crippen LogP contribution in [-0.4, -0.2) is 64.7 Å². The van der Waals surface area contributed by atoms with Gasteiger partial charge >= 0.3 is 0 Å². The van der Waals surface area contributed by atoms with Crippen LogP contribution in [0.25, 0.3) is 0 Å². The van der Waals surface area contributed by atoms with Gasteiger partial charge in [-0.3, -0.25) is 9.78 Å². The van der Waals surface area contributed by atoms with E-state index in [1.54, 1.807) is 24.5 Å². The first-order chi connectivity index (χ1) is 13.5. The minimum Gasteiger partial charge on any atom is -0.388 e. The number of nitrogens with zero attached hydrogens (tertiary/aromatic N) is 3. The van der Waals surface area contributed by atoms with Gasteiger partial charge in [0.15, 0.2) is 0 Å². The van der Waals surface area contributed by atoms with Crippen molar-refractivity contribution < 1.29 is 9.90 Å². The highest BCUT2D eigenvalue weighted by Crippen LogP contribution is 2.21. The molecule has 3 heterocycles. The monoisotopic (exact) mass is 383 g/mol. The largest absolute Gasteiger partial charge is 0.388 e. The third kappa shape index (κ3) is 6.00. The number of hydrogen-bond donors (Lipinski definition) is 3. The van der Waals surface area contributed by atoms with Crippen LogP contribution in [0.2, 0.25) is 0 Å². The molecule has 2 aromatic heterocycles. The fourth-order valence-electron chi connectivity index (χ4n) is 3.22. The van der Waals surface area contributed by atoms with Crippen molar-refractivity contribution in [2.45, 2.75) is 31.3 Å². The maximum absolute atomic E-state index is 12.2. The molecule has 0 radical (unpaired) electrons. The highest BCUT2D eigenvalue weighted by molar-refractivity contribution is 5.94. The zero-order chi connectivity index (χ0) is 19.8. The highest BCUT2D eigenvalue weighted by Gasteiger charge is 2.30. The summed E-state index contributed by atoms with van der Waals surface area (Å²) < 4.78 is 0. The number of amides is 1. The number of nitrogens with one attached hydrogen (secondary N) is 2. The third-order valence-corrected chi connectivity index (χ3v) is 5.16. The lowest BCUT2D eigenvalue weighted by atomic mass is 9.91. The topological polar surface area (TPSA) is 90.4 Å². The van der Waals surface area contributed by atoms with Gasteiger partial charge in [-0.25, -0.2) is 4.98 Å². The van der Waals surface area contributed by atoms with Crippen LogP contribution in [0, 0.1) is 0 Å². The van der Waals surface area contributed by atoms with Gasteiger partial charge in [-0.05, 0) is 57.0 Å². The standard InChI is InChI=1S/C21H29N5O2/c1-26-13-9-21(28,10-14-26)16-25-19-8-7-17(15-24-19)20(27)23-12-4-6-18-5-2-3-11-22-18/h2-3,5,7-8,11,15,28H,4,6,9-10,12-14,16H2,1H3,(H,23,27)(H,24,25). The molecule has 2 aromatic rings. The number of hydrogen-bond acceptors (Lipinski definition) is 6. The summed E-state index contributed by atoms with van der Waals surface area (Å²) in [6, 6.07) is 9.38. The van der Waals surface area contributed by atoms with Crippen LogP contribution in [-0.2, 0) is 6.42 Å². The number of pyridine rings is 2. The predicted octanol–water partition coefficient (Wildman–Crippen LogP) is 1.71. The fraction of sp³-hybridized carbons (Fsp3) is 0.476. The number of aromatic nitrogens is 2. The van der Waals surface area contributed by atoms with Crippen LogP contribution in [0.4, 0.5) is 5.82 Å². The summed E-state index contributed by atoms with van der Waals surface area (Å²) >= 11 is 0. The minimum atomic E-state index is -0.697. The van der Waals surface area contributed by atoms with Crippen molar-refractivity contribution in [1.82, 2.24) is 20.2 Å². The molecule has 7 nitrogen and oxygen atoms in total. The number of rotatable bonds is 8. The number of aliphatic hydroxyl groups is 1. The Hall–Kier alpha value is -2.51. The van der Waals surface area contributed by atoms with Crippen LogP contribution in [0.5, 0.6) is 0 Å². The Morgan fingerprint density at radius 1 is 1.21 bits per heavy atom. The number of likely N-dealkylation sites (tertiary alicyclic amines) is 1. The first-order valence-electron chi connectivity index (χ1n) is 9.83. The number of carbonyl (C=O) groups excluding carboxylic acids is 1. The number of piperidine rings is 1. The zero-order valence-electron chi connectivity index (χ0n) is 16.4. The maximum Gasteiger partial charge on any atom is 0.252 e. The van der Waals surface area contributed by atoms with Gasteiger partial charge in [-0.15, -0.1) is 0 Å². The normalized spacial score (nSPS) is 16.5. The Kier molecular flexibility index (Phi) is 6.95. The molecule has 1 aliphatic heterocycles. The molecule has 1 aliphatic rings. The SMILES string of the molecule is CN1CCC(O)(CNc2ccc(C(=O)NCCCc3ccccn3)cn2)CC1. The summed E-state index contributed by atoms with van der Waals surface area (Å²) in [4.78, 5) is 23.0. The van der Waals surface area contributed by atoms with E-state index in [4.69, 9.17) is 0 Å². The van der Waals surface area contributed by atoms with E-state index in [-0.39, 0.29) is 5.91 Å². The summed E-state index contributed by atoms with van der Waals surface area (Å²) in [6.45, 7) is 2.85. The van der Waals surface area contributed by atoms with Gasteiger partial charge in [0.05, 0.1) is 11.2 Å². The van der Waals surface area contributed by atoms with Crippen LogP contribution in [0.1, 0.15) is 35.3 Å². The summed E-state index contributed by atoms with van der Waals surface area (Å²) in [5.41, 5.74) is 0.860. The lowest BCUT2D eigenvalue weighted by Crippen LogP contribution is -2.47. The van der Waals surface area contributed by atoms with Gasteiger partial charge in [0.1, 0.15) is 5.82 Å². The van der Waals surface area contributed by atoms with E-state index in [9.17, 15) is 9.90 Å². The second-order valence-corrected chi connectivity index (χ2v) is 7.49. The van der Waals surface area contributed by atoms with E-state index < -0.39 is 5.60 Å². The summed E-state index contributed by atoms with van der Waals surface area (Å²) in [5.74, 6) is 0.535. The molecule has 28 heavy (non-hydrogen) atoms. The molecule has 1 saturated heterocycles. The molecule has 150 valence electrons.